The zero-order valence-corrected chi connectivity index (χ0v) is 13.6. The molecule has 0 spiro atoms. The van der Waals surface area contributed by atoms with E-state index in [-0.39, 0.29) is 11.6 Å². The highest BCUT2D eigenvalue weighted by Gasteiger charge is 2.25. The van der Waals surface area contributed by atoms with Crippen molar-refractivity contribution in [3.63, 3.8) is 0 Å². The van der Waals surface area contributed by atoms with Crippen LogP contribution in [0.25, 0.3) is 0 Å². The monoisotopic (exact) mass is 330 g/mol. The number of hydrogen-bond acceptors (Lipinski definition) is 4. The van der Waals surface area contributed by atoms with Gasteiger partial charge in [0, 0.05) is 16.7 Å². The minimum atomic E-state index is -0.800. The fourth-order valence-electron chi connectivity index (χ4n) is 2.78. The summed E-state index contributed by atoms with van der Waals surface area (Å²) in [6, 6.07) is 24.1. The molecule has 0 saturated heterocycles. The molecular formula is C21H18N2O2. The second kappa shape index (κ2) is 7.66. The molecule has 4 nitrogen and oxygen atoms in total. The zero-order chi connectivity index (χ0) is 17.6. The van der Waals surface area contributed by atoms with Gasteiger partial charge in [0.05, 0.1) is 0 Å². The lowest BCUT2D eigenvalue weighted by Crippen LogP contribution is -2.35. The molecule has 0 aliphatic carbocycles. The Bertz CT molecular complexity index is 877. The maximum Gasteiger partial charge on any atom is 0.193 e. The molecule has 0 saturated carbocycles. The van der Waals surface area contributed by atoms with Crippen molar-refractivity contribution >= 4 is 11.6 Å². The number of rotatable bonds is 6. The first-order valence-corrected chi connectivity index (χ1v) is 7.96. The Morgan fingerprint density at radius 1 is 0.720 bits per heavy atom. The molecule has 3 N–H and O–H groups in total. The molecule has 0 radical (unpaired) electrons. The number of benzene rings is 3. The number of hydrogen-bond donors (Lipinski definition) is 2. The molecule has 0 bridgehead atoms. The third-order valence-electron chi connectivity index (χ3n) is 4.04. The van der Waals surface area contributed by atoms with Gasteiger partial charge in [-0.15, -0.1) is 0 Å². The van der Waals surface area contributed by atoms with Gasteiger partial charge in [-0.25, -0.2) is 5.43 Å². The van der Waals surface area contributed by atoms with E-state index in [1.54, 1.807) is 60.7 Å². The molecule has 0 amide bonds. The Hall–Kier alpha value is -3.08. The molecule has 25 heavy (non-hydrogen) atoms. The SMILES string of the molecule is NNC(C(=O)c1ccccc1)c1ccccc1C(=O)c1ccccc1. The van der Waals surface area contributed by atoms with E-state index in [1.165, 1.54) is 0 Å². The van der Waals surface area contributed by atoms with Crippen molar-refractivity contribution in [1.29, 1.82) is 0 Å². The summed E-state index contributed by atoms with van der Waals surface area (Å²) in [5, 5.41) is 0. The molecule has 0 aromatic heterocycles. The van der Waals surface area contributed by atoms with Crippen LogP contribution in [0.15, 0.2) is 84.9 Å². The smallest absolute Gasteiger partial charge is 0.193 e. The van der Waals surface area contributed by atoms with E-state index in [0.29, 0.717) is 22.3 Å². The highest BCUT2D eigenvalue weighted by molar-refractivity contribution is 6.11. The molecule has 0 heterocycles. The molecule has 3 aromatic rings. The van der Waals surface area contributed by atoms with Gasteiger partial charge in [-0.2, -0.15) is 0 Å². The van der Waals surface area contributed by atoms with Gasteiger partial charge in [-0.1, -0.05) is 84.9 Å². The van der Waals surface area contributed by atoms with Gasteiger partial charge in [0.15, 0.2) is 11.6 Å². The molecule has 4 heteroatoms. The van der Waals surface area contributed by atoms with Crippen molar-refractivity contribution in [2.75, 3.05) is 0 Å². The lowest BCUT2D eigenvalue weighted by molar-refractivity contribution is 0.0942. The molecular weight excluding hydrogens is 312 g/mol. The van der Waals surface area contributed by atoms with E-state index in [9.17, 15) is 9.59 Å². The van der Waals surface area contributed by atoms with Crippen LogP contribution in [0.4, 0.5) is 0 Å². The number of nitrogens with two attached hydrogens (primary N) is 1. The van der Waals surface area contributed by atoms with Crippen molar-refractivity contribution < 1.29 is 9.59 Å². The molecule has 0 aliphatic rings. The van der Waals surface area contributed by atoms with Crippen LogP contribution < -0.4 is 11.3 Å². The fourth-order valence-corrected chi connectivity index (χ4v) is 2.78. The number of carbonyl (C=O) groups is 2. The summed E-state index contributed by atoms with van der Waals surface area (Å²) in [6.45, 7) is 0. The van der Waals surface area contributed by atoms with E-state index in [1.807, 2.05) is 24.3 Å². The Balaban J connectivity index is 2.02. The first-order valence-electron chi connectivity index (χ1n) is 7.96. The molecule has 3 aromatic carbocycles. The van der Waals surface area contributed by atoms with E-state index in [0.717, 1.165) is 0 Å². The van der Waals surface area contributed by atoms with E-state index in [2.05, 4.69) is 5.43 Å². The summed E-state index contributed by atoms with van der Waals surface area (Å²) in [7, 11) is 0. The average molecular weight is 330 g/mol. The number of ketones is 2. The Labute approximate surface area is 146 Å². The van der Waals surface area contributed by atoms with Crippen molar-refractivity contribution in [3.8, 4) is 0 Å². The molecule has 1 atom stereocenters. The number of Topliss-reactive ketones (excluding diaryl/α,β-unsaturated/α-hetero) is 1. The van der Waals surface area contributed by atoms with Crippen LogP contribution in [0, 0.1) is 0 Å². The Morgan fingerprint density at radius 2 is 1.24 bits per heavy atom. The van der Waals surface area contributed by atoms with E-state index < -0.39 is 6.04 Å². The van der Waals surface area contributed by atoms with Gasteiger partial charge >= 0.3 is 0 Å². The summed E-state index contributed by atoms with van der Waals surface area (Å²) in [4.78, 5) is 25.7. The average Bonchev–Trinajstić information content (AvgIpc) is 2.69. The fraction of sp³-hybridized carbons (Fsp3) is 0.0476. The minimum Gasteiger partial charge on any atom is -0.292 e. The predicted molar refractivity (Wildman–Crippen MR) is 97.2 cm³/mol. The number of carbonyl (C=O) groups excluding carboxylic acids is 2. The largest absolute Gasteiger partial charge is 0.292 e. The lowest BCUT2D eigenvalue weighted by Gasteiger charge is -2.18. The van der Waals surface area contributed by atoms with Crippen LogP contribution in [0.1, 0.15) is 37.9 Å². The standard InChI is InChI=1S/C21H18N2O2/c22-23-19(21(25)16-11-5-2-6-12-16)17-13-7-8-14-18(17)20(24)15-9-3-1-4-10-15/h1-14,19,23H,22H2. The predicted octanol–water partition coefficient (Wildman–Crippen LogP) is 3.30. The van der Waals surface area contributed by atoms with Crippen LogP contribution in [0.5, 0.6) is 0 Å². The second-order valence-corrected chi connectivity index (χ2v) is 5.61. The topological polar surface area (TPSA) is 72.2 Å². The first kappa shape index (κ1) is 16.8. The second-order valence-electron chi connectivity index (χ2n) is 5.61. The van der Waals surface area contributed by atoms with E-state index >= 15 is 0 Å². The normalized spacial score (nSPS) is 11.7. The third kappa shape index (κ3) is 3.55. The minimum absolute atomic E-state index is 0.141. The van der Waals surface area contributed by atoms with Crippen molar-refractivity contribution in [2.24, 2.45) is 5.84 Å². The molecule has 0 aliphatic heterocycles. The Kier molecular flexibility index (Phi) is 5.14. The summed E-state index contributed by atoms with van der Waals surface area (Å²) in [5.74, 6) is 5.34. The quantitative estimate of drug-likeness (QED) is 0.413. The Morgan fingerprint density at radius 3 is 1.84 bits per heavy atom. The molecule has 3 rings (SSSR count). The van der Waals surface area contributed by atoms with Crippen molar-refractivity contribution in [2.45, 2.75) is 6.04 Å². The van der Waals surface area contributed by atoms with Crippen molar-refractivity contribution in [1.82, 2.24) is 5.43 Å². The highest BCUT2D eigenvalue weighted by atomic mass is 16.1. The van der Waals surface area contributed by atoms with Gasteiger partial charge in [0.2, 0.25) is 0 Å². The van der Waals surface area contributed by atoms with Crippen LogP contribution in [-0.4, -0.2) is 11.6 Å². The van der Waals surface area contributed by atoms with Gasteiger partial charge < -0.3 is 0 Å². The molecule has 0 fully saturated rings. The van der Waals surface area contributed by atoms with Crippen LogP contribution in [-0.2, 0) is 0 Å². The summed E-state index contributed by atoms with van der Waals surface area (Å²) in [6.07, 6.45) is 0. The van der Waals surface area contributed by atoms with E-state index in [4.69, 9.17) is 5.84 Å². The van der Waals surface area contributed by atoms with Gasteiger partial charge in [-0.3, -0.25) is 15.4 Å². The summed E-state index contributed by atoms with van der Waals surface area (Å²) < 4.78 is 0. The molecule has 124 valence electrons. The van der Waals surface area contributed by atoms with Gasteiger partial charge in [0.25, 0.3) is 0 Å². The van der Waals surface area contributed by atoms with Crippen LogP contribution in [0.3, 0.4) is 0 Å². The maximum atomic E-state index is 12.9. The first-order chi connectivity index (χ1) is 12.2. The lowest BCUT2D eigenvalue weighted by atomic mass is 9.90. The number of nitrogens with one attached hydrogen (secondary N) is 1. The summed E-state index contributed by atoms with van der Waals surface area (Å²) >= 11 is 0. The zero-order valence-electron chi connectivity index (χ0n) is 13.6. The van der Waals surface area contributed by atoms with Crippen molar-refractivity contribution in [3.05, 3.63) is 107 Å². The number of hydrazine groups is 1. The molecule has 1 unspecified atom stereocenters. The highest BCUT2D eigenvalue weighted by Crippen LogP contribution is 2.24. The van der Waals surface area contributed by atoms with Crippen LogP contribution in [0.2, 0.25) is 0 Å². The summed E-state index contributed by atoms with van der Waals surface area (Å²) in [5.41, 5.74) is 4.69. The maximum absolute atomic E-state index is 12.9. The van der Waals surface area contributed by atoms with Crippen LogP contribution >= 0.6 is 0 Å². The van der Waals surface area contributed by atoms with Gasteiger partial charge in [0.1, 0.15) is 6.04 Å². The van der Waals surface area contributed by atoms with Gasteiger partial charge in [-0.05, 0) is 5.56 Å². The third-order valence-corrected chi connectivity index (χ3v) is 4.04.